The van der Waals surface area contributed by atoms with Crippen LogP contribution in [0.5, 0.6) is 0 Å². The van der Waals surface area contributed by atoms with Gasteiger partial charge in [0.25, 0.3) is 5.85 Å². The molecule has 4 rings (SSSR count). The minimum absolute atomic E-state index is 0.0843. The summed E-state index contributed by atoms with van der Waals surface area (Å²) in [5, 5.41) is 0. The molecular weight excluding hydrogens is 427 g/mol. The van der Waals surface area contributed by atoms with Crippen LogP contribution in [-0.2, 0) is 34.2 Å². The Hall–Kier alpha value is -1.76. The number of aromatic nitrogens is 4. The molecule has 0 aromatic carbocycles. The van der Waals surface area contributed by atoms with E-state index in [1.54, 1.807) is 13.8 Å². The summed E-state index contributed by atoms with van der Waals surface area (Å²) >= 11 is 0. The average Bonchev–Trinajstić information content (AvgIpc) is 3.13. The first-order valence-electron chi connectivity index (χ1n) is 9.14. The first-order chi connectivity index (χ1) is 14.0. The number of imidazole rings is 1. The van der Waals surface area contributed by atoms with Gasteiger partial charge in [0.2, 0.25) is 5.95 Å². The predicted octanol–water partition coefficient (Wildman–Crippen LogP) is 2.43. The first-order valence-corrected chi connectivity index (χ1v) is 10.6. The van der Waals surface area contributed by atoms with E-state index >= 15 is 8.78 Å². The highest BCUT2D eigenvalue weighted by molar-refractivity contribution is 7.48. The summed E-state index contributed by atoms with van der Waals surface area (Å²) in [5.74, 6) is -2.82. The Morgan fingerprint density at radius 3 is 2.83 bits per heavy atom. The monoisotopic (exact) mass is 449 g/mol. The lowest BCUT2D eigenvalue weighted by molar-refractivity contribution is -0.220. The third-order valence-corrected chi connectivity index (χ3v) is 6.33. The van der Waals surface area contributed by atoms with E-state index in [-0.39, 0.29) is 18.2 Å². The summed E-state index contributed by atoms with van der Waals surface area (Å²) in [5.41, 5.74) is 4.04. The minimum Gasteiger partial charge on any atom is -0.378 e. The molecule has 0 aliphatic carbocycles. The predicted molar refractivity (Wildman–Crippen MR) is 98.6 cm³/mol. The molecule has 2 aromatic rings. The van der Waals surface area contributed by atoms with Gasteiger partial charge in [-0.05, 0) is 20.8 Å². The fourth-order valence-corrected chi connectivity index (χ4v) is 5.22. The number of anilines is 1. The largest absolute Gasteiger partial charge is 0.475 e. The van der Waals surface area contributed by atoms with Crippen LogP contribution in [-0.4, -0.2) is 57.0 Å². The second kappa shape index (κ2) is 7.14. The van der Waals surface area contributed by atoms with Gasteiger partial charge < -0.3 is 15.2 Å². The molecule has 0 spiro atoms. The molecule has 5 atom stereocenters. The highest BCUT2D eigenvalue weighted by atomic mass is 31.2. The zero-order valence-corrected chi connectivity index (χ0v) is 17.6. The quantitative estimate of drug-likeness (QED) is 0.679. The fourth-order valence-electron chi connectivity index (χ4n) is 3.58. The van der Waals surface area contributed by atoms with Crippen LogP contribution in [0.15, 0.2) is 6.33 Å². The van der Waals surface area contributed by atoms with E-state index in [0.717, 1.165) is 6.92 Å². The van der Waals surface area contributed by atoms with Gasteiger partial charge in [-0.1, -0.05) is 0 Å². The number of halogens is 2. The van der Waals surface area contributed by atoms with Crippen LogP contribution in [0, 0.1) is 0 Å². The van der Waals surface area contributed by atoms with Crippen LogP contribution >= 0.6 is 7.82 Å². The summed E-state index contributed by atoms with van der Waals surface area (Å²) < 4.78 is 70.9. The SMILES string of the molecule is COCc1nc(N)nc2c1ncn2[C@@H]1O[C@]2(F)COP(=O)(OC(C)C)O[C@H]2[C@@]1(C)F. The number of alkyl halides is 2. The molecule has 1 unspecified atom stereocenters. The van der Waals surface area contributed by atoms with Gasteiger partial charge in [0.15, 0.2) is 23.6 Å². The number of hydrogen-bond acceptors (Lipinski definition) is 10. The van der Waals surface area contributed by atoms with Crippen molar-refractivity contribution in [1.82, 2.24) is 19.5 Å². The van der Waals surface area contributed by atoms with Gasteiger partial charge in [0.05, 0.1) is 24.7 Å². The Labute approximate surface area is 170 Å². The maximum atomic E-state index is 15.9. The fraction of sp³-hybridized carbons (Fsp3) is 0.688. The van der Waals surface area contributed by atoms with Gasteiger partial charge in [0.1, 0.15) is 12.1 Å². The van der Waals surface area contributed by atoms with E-state index in [0.29, 0.717) is 11.2 Å². The number of phosphoric acid groups is 1. The smallest absolute Gasteiger partial charge is 0.378 e. The van der Waals surface area contributed by atoms with Crippen LogP contribution in [0.4, 0.5) is 14.7 Å². The molecule has 0 radical (unpaired) electrons. The van der Waals surface area contributed by atoms with Crippen LogP contribution in [0.1, 0.15) is 32.7 Å². The number of fused-ring (bicyclic) bond motifs is 2. The molecule has 11 nitrogen and oxygen atoms in total. The first kappa shape index (κ1) is 21.5. The van der Waals surface area contributed by atoms with E-state index in [4.69, 9.17) is 28.8 Å². The van der Waals surface area contributed by atoms with Gasteiger partial charge in [-0.2, -0.15) is 4.98 Å². The summed E-state index contributed by atoms with van der Waals surface area (Å²) in [6, 6.07) is 0. The average molecular weight is 449 g/mol. The molecule has 166 valence electrons. The topological polar surface area (TPSA) is 133 Å². The highest BCUT2D eigenvalue weighted by Crippen LogP contribution is 2.63. The van der Waals surface area contributed by atoms with Crippen LogP contribution in [0.2, 0.25) is 0 Å². The van der Waals surface area contributed by atoms with Crippen LogP contribution < -0.4 is 5.73 Å². The van der Waals surface area contributed by atoms with Crippen LogP contribution in [0.3, 0.4) is 0 Å². The maximum Gasteiger partial charge on any atom is 0.475 e. The standard InChI is InChI=1S/C16H22F2N5O6P/c1-8(2)28-30(24)26-6-16(18)12(29-30)15(3,17)13(27-16)23-7-20-10-9(5-25-4)21-14(19)22-11(10)23/h7-8,12-13H,5-6H2,1-4H3,(H2,19,21,22)/t12-,13+,15+,16+,30?/m0/s1. The molecule has 4 heterocycles. The molecule has 2 aromatic heterocycles. The molecule has 2 fully saturated rings. The number of rotatable bonds is 5. The van der Waals surface area contributed by atoms with Gasteiger partial charge in [-0.15, -0.1) is 0 Å². The zero-order valence-electron chi connectivity index (χ0n) is 16.7. The van der Waals surface area contributed by atoms with Gasteiger partial charge in [-0.25, -0.2) is 23.3 Å². The molecule has 0 saturated carbocycles. The molecule has 2 N–H and O–H groups in total. The van der Waals surface area contributed by atoms with Crippen molar-refractivity contribution in [1.29, 1.82) is 0 Å². The molecule has 2 saturated heterocycles. The van der Waals surface area contributed by atoms with Crippen molar-refractivity contribution in [2.75, 3.05) is 19.5 Å². The Kier molecular flexibility index (Phi) is 5.11. The number of phosphoric ester groups is 1. The number of nitrogens with zero attached hydrogens (tertiary/aromatic N) is 4. The normalized spacial score (nSPS) is 36.5. The van der Waals surface area contributed by atoms with Gasteiger partial charge in [0, 0.05) is 7.11 Å². The van der Waals surface area contributed by atoms with E-state index < -0.39 is 44.4 Å². The van der Waals surface area contributed by atoms with Crippen molar-refractivity contribution in [2.24, 2.45) is 0 Å². The summed E-state index contributed by atoms with van der Waals surface area (Å²) in [6.07, 6.45) is -2.78. The lowest BCUT2D eigenvalue weighted by Gasteiger charge is -2.36. The summed E-state index contributed by atoms with van der Waals surface area (Å²) in [4.78, 5) is 12.3. The molecule has 14 heteroatoms. The van der Waals surface area contributed by atoms with Crippen LogP contribution in [0.25, 0.3) is 11.2 Å². The Morgan fingerprint density at radius 2 is 2.17 bits per heavy atom. The third kappa shape index (κ3) is 3.39. The van der Waals surface area contributed by atoms with Crippen molar-refractivity contribution in [3.05, 3.63) is 12.0 Å². The molecule has 0 bridgehead atoms. The van der Waals surface area contributed by atoms with Crippen molar-refractivity contribution in [2.45, 2.75) is 57.3 Å². The Bertz CT molecular complexity index is 1020. The van der Waals surface area contributed by atoms with Crippen molar-refractivity contribution >= 4 is 24.9 Å². The van der Waals surface area contributed by atoms with Gasteiger partial charge >= 0.3 is 7.82 Å². The number of ether oxygens (including phenoxy) is 2. The van der Waals surface area contributed by atoms with E-state index in [1.807, 2.05) is 0 Å². The number of nitrogen functional groups attached to an aromatic ring is 1. The Balaban J connectivity index is 1.74. The van der Waals surface area contributed by atoms with Gasteiger partial charge in [-0.3, -0.25) is 18.1 Å². The molecule has 30 heavy (non-hydrogen) atoms. The van der Waals surface area contributed by atoms with Crippen molar-refractivity contribution < 1.29 is 36.4 Å². The number of methoxy groups -OCH3 is 1. The second-order valence-corrected chi connectivity index (χ2v) is 9.13. The molecule has 2 aliphatic heterocycles. The lowest BCUT2D eigenvalue weighted by atomic mass is 9.97. The number of nitrogens with two attached hydrogens (primary N) is 1. The molecule has 2 aliphatic rings. The van der Waals surface area contributed by atoms with Crippen molar-refractivity contribution in [3.63, 3.8) is 0 Å². The van der Waals surface area contributed by atoms with Crippen molar-refractivity contribution in [3.8, 4) is 0 Å². The van der Waals surface area contributed by atoms with E-state index in [9.17, 15) is 4.57 Å². The summed E-state index contributed by atoms with van der Waals surface area (Å²) in [6.45, 7) is 3.50. The highest BCUT2D eigenvalue weighted by Gasteiger charge is 2.70. The van der Waals surface area contributed by atoms with E-state index in [2.05, 4.69) is 15.0 Å². The van der Waals surface area contributed by atoms with E-state index in [1.165, 1.54) is 18.0 Å². The molecule has 0 amide bonds. The minimum atomic E-state index is -4.19. The lowest BCUT2D eigenvalue weighted by Crippen LogP contribution is -2.51. The Morgan fingerprint density at radius 1 is 1.43 bits per heavy atom. The summed E-state index contributed by atoms with van der Waals surface area (Å²) in [7, 11) is -2.72. The zero-order chi connectivity index (χ0) is 21.9. The maximum absolute atomic E-state index is 15.9. The molecular formula is C16H22F2N5O6P. The second-order valence-electron chi connectivity index (χ2n) is 7.55. The number of hydrogen-bond donors (Lipinski definition) is 1. The third-order valence-electron chi connectivity index (χ3n) is 4.73.